The Balaban J connectivity index is 2.02. The minimum atomic E-state index is -3.59. The lowest BCUT2D eigenvalue weighted by Crippen LogP contribution is -2.40. The molecule has 2 aromatic carbocycles. The lowest BCUT2D eigenvalue weighted by molar-refractivity contribution is -0.119. The van der Waals surface area contributed by atoms with Crippen LogP contribution in [0.5, 0.6) is 5.75 Å². The normalized spacial score (nSPS) is 11.3. The molecule has 0 fully saturated rings. The molecular weight excluding hydrogens is 396 g/mol. The molecule has 1 amide bonds. The summed E-state index contributed by atoms with van der Waals surface area (Å²) >= 11 is 1.51. The third-order valence-corrected chi connectivity index (χ3v) is 5.68. The Morgan fingerprint density at radius 3 is 2.43 bits per heavy atom. The highest BCUT2D eigenvalue weighted by atomic mass is 32.2. The monoisotopic (exact) mass is 422 g/mol. The molecule has 0 unspecified atom stereocenters. The highest BCUT2D eigenvalue weighted by Gasteiger charge is 2.21. The summed E-state index contributed by atoms with van der Waals surface area (Å²) in [5.74, 6) is 0.393. The van der Waals surface area contributed by atoms with Crippen molar-refractivity contribution in [2.75, 3.05) is 23.4 Å². The van der Waals surface area contributed by atoms with Crippen LogP contribution in [0.3, 0.4) is 0 Å². The highest BCUT2D eigenvalue weighted by Crippen LogP contribution is 2.23. The van der Waals surface area contributed by atoms with Crippen LogP contribution in [0.25, 0.3) is 0 Å². The van der Waals surface area contributed by atoms with Crippen LogP contribution in [0.4, 0.5) is 5.69 Å². The number of hydrogen-bond donors (Lipinski definition) is 1. The predicted octanol–water partition coefficient (Wildman–Crippen LogP) is 3.28. The maximum atomic E-state index is 12.4. The van der Waals surface area contributed by atoms with Crippen LogP contribution in [0.15, 0.2) is 53.4 Å². The zero-order valence-electron chi connectivity index (χ0n) is 16.5. The maximum absolute atomic E-state index is 12.4. The van der Waals surface area contributed by atoms with Gasteiger partial charge in [0, 0.05) is 11.4 Å². The molecule has 2 rings (SSSR count). The average Bonchev–Trinajstić information content (AvgIpc) is 2.64. The van der Waals surface area contributed by atoms with Crippen LogP contribution in [-0.2, 0) is 21.4 Å². The zero-order chi connectivity index (χ0) is 20.7. The number of benzene rings is 2. The van der Waals surface area contributed by atoms with E-state index < -0.39 is 10.0 Å². The lowest BCUT2D eigenvalue weighted by Gasteiger charge is -2.22. The van der Waals surface area contributed by atoms with Crippen molar-refractivity contribution >= 4 is 33.4 Å². The molecule has 6 nitrogen and oxygen atoms in total. The summed E-state index contributed by atoms with van der Waals surface area (Å²) in [6.07, 6.45) is 3.10. The fourth-order valence-electron chi connectivity index (χ4n) is 2.51. The fourth-order valence-corrected chi connectivity index (χ4v) is 3.81. The summed E-state index contributed by atoms with van der Waals surface area (Å²) in [5, 5.41) is 2.77. The van der Waals surface area contributed by atoms with Crippen LogP contribution in [0.2, 0.25) is 0 Å². The second kappa shape index (κ2) is 9.84. The zero-order valence-corrected chi connectivity index (χ0v) is 18.1. The molecule has 0 saturated carbocycles. The fraction of sp³-hybridized carbons (Fsp3) is 0.350. The first-order valence-electron chi connectivity index (χ1n) is 8.83. The van der Waals surface area contributed by atoms with E-state index in [-0.39, 0.29) is 18.6 Å². The van der Waals surface area contributed by atoms with Crippen molar-refractivity contribution in [3.8, 4) is 5.75 Å². The molecule has 1 N–H and O–H groups in total. The van der Waals surface area contributed by atoms with E-state index in [0.717, 1.165) is 26.8 Å². The van der Waals surface area contributed by atoms with Gasteiger partial charge in [0.1, 0.15) is 12.3 Å². The quantitative estimate of drug-likeness (QED) is 0.628. The molecule has 0 radical (unpaired) electrons. The smallest absolute Gasteiger partial charge is 0.241 e. The number of hydrogen-bond acceptors (Lipinski definition) is 5. The van der Waals surface area contributed by atoms with Gasteiger partial charge in [0.25, 0.3) is 0 Å². The topological polar surface area (TPSA) is 75.7 Å². The third kappa shape index (κ3) is 6.76. The number of carbonyl (C=O) groups excluding carboxylic acids is 1. The van der Waals surface area contributed by atoms with E-state index in [4.69, 9.17) is 4.74 Å². The molecular formula is C20H26N2O4S2. The van der Waals surface area contributed by atoms with E-state index >= 15 is 0 Å². The van der Waals surface area contributed by atoms with Gasteiger partial charge in [-0.25, -0.2) is 8.42 Å². The van der Waals surface area contributed by atoms with Crippen LogP contribution >= 0.6 is 11.8 Å². The Kier molecular flexibility index (Phi) is 7.77. The van der Waals surface area contributed by atoms with Gasteiger partial charge in [-0.05, 0) is 56.0 Å². The molecule has 152 valence electrons. The Morgan fingerprint density at radius 1 is 1.18 bits per heavy atom. The lowest BCUT2D eigenvalue weighted by atomic mass is 10.2. The van der Waals surface area contributed by atoms with Gasteiger partial charge in [-0.1, -0.05) is 18.2 Å². The van der Waals surface area contributed by atoms with Gasteiger partial charge >= 0.3 is 0 Å². The number of ether oxygens (including phenoxy) is 1. The van der Waals surface area contributed by atoms with E-state index in [0.29, 0.717) is 12.2 Å². The number of carbonyl (C=O) groups is 1. The van der Waals surface area contributed by atoms with Crippen LogP contribution in [0.1, 0.15) is 19.4 Å². The number of anilines is 1. The molecule has 0 atom stereocenters. The Bertz CT molecular complexity index is 897. The van der Waals surface area contributed by atoms with Crippen molar-refractivity contribution in [3.05, 3.63) is 54.1 Å². The number of thioether (sulfide) groups is 1. The second-order valence-electron chi connectivity index (χ2n) is 6.56. The van der Waals surface area contributed by atoms with Crippen LogP contribution in [-0.4, -0.2) is 39.5 Å². The van der Waals surface area contributed by atoms with Crippen molar-refractivity contribution in [1.82, 2.24) is 5.32 Å². The number of sulfonamides is 1. The molecule has 2 aromatic rings. The Labute approximate surface area is 171 Å². The van der Waals surface area contributed by atoms with E-state index in [9.17, 15) is 13.2 Å². The molecule has 0 aliphatic heterocycles. The Hall–Kier alpha value is -2.19. The summed E-state index contributed by atoms with van der Waals surface area (Å²) in [4.78, 5) is 13.3. The van der Waals surface area contributed by atoms with Crippen LogP contribution < -0.4 is 14.4 Å². The van der Waals surface area contributed by atoms with E-state index in [1.165, 1.54) is 11.8 Å². The number of amides is 1. The maximum Gasteiger partial charge on any atom is 0.241 e. The molecule has 0 aliphatic carbocycles. The van der Waals surface area contributed by atoms with E-state index in [2.05, 4.69) is 5.32 Å². The van der Waals surface area contributed by atoms with Gasteiger partial charge in [0.05, 0.1) is 18.0 Å². The summed E-state index contributed by atoms with van der Waals surface area (Å²) < 4.78 is 31.1. The molecule has 0 aliphatic rings. The minimum Gasteiger partial charge on any atom is -0.491 e. The van der Waals surface area contributed by atoms with E-state index in [1.807, 2.05) is 50.4 Å². The standard InChI is InChI=1S/C20H26N2O4S2/c1-15(2)26-18-10-8-16(9-11-18)13-21-20(23)14-22(28(4,24)25)17-6-5-7-19(12-17)27-3/h5-12,15H,13-14H2,1-4H3,(H,21,23). The molecule has 0 aromatic heterocycles. The van der Waals surface area contributed by atoms with Gasteiger partial charge in [-0.3, -0.25) is 9.10 Å². The SMILES string of the molecule is CSc1cccc(N(CC(=O)NCc2ccc(OC(C)C)cc2)S(C)(=O)=O)c1. The summed E-state index contributed by atoms with van der Waals surface area (Å²) in [6.45, 7) is 3.95. The van der Waals surface area contributed by atoms with Gasteiger partial charge in [-0.2, -0.15) is 0 Å². The first-order chi connectivity index (χ1) is 13.2. The predicted molar refractivity (Wildman–Crippen MR) is 114 cm³/mol. The van der Waals surface area contributed by atoms with Crippen molar-refractivity contribution < 1.29 is 17.9 Å². The Morgan fingerprint density at radius 2 is 1.86 bits per heavy atom. The average molecular weight is 423 g/mol. The summed E-state index contributed by atoms with van der Waals surface area (Å²) in [6, 6.07) is 14.5. The van der Waals surface area contributed by atoms with Gasteiger partial charge in [0.2, 0.25) is 15.9 Å². The van der Waals surface area contributed by atoms with Crippen LogP contribution in [0, 0.1) is 0 Å². The first-order valence-corrected chi connectivity index (χ1v) is 11.9. The molecule has 0 heterocycles. The van der Waals surface area contributed by atoms with Gasteiger partial charge < -0.3 is 10.1 Å². The number of rotatable bonds is 9. The summed E-state index contributed by atoms with van der Waals surface area (Å²) in [5.41, 5.74) is 1.37. The number of nitrogens with one attached hydrogen (secondary N) is 1. The van der Waals surface area contributed by atoms with Crippen molar-refractivity contribution in [2.45, 2.75) is 31.4 Å². The van der Waals surface area contributed by atoms with Gasteiger partial charge in [-0.15, -0.1) is 11.8 Å². The van der Waals surface area contributed by atoms with Crippen molar-refractivity contribution in [2.24, 2.45) is 0 Å². The molecule has 0 bridgehead atoms. The summed E-state index contributed by atoms with van der Waals surface area (Å²) in [7, 11) is -3.59. The van der Waals surface area contributed by atoms with E-state index in [1.54, 1.807) is 18.2 Å². The van der Waals surface area contributed by atoms with Crippen molar-refractivity contribution in [3.63, 3.8) is 0 Å². The molecule has 0 saturated heterocycles. The molecule has 0 spiro atoms. The molecule has 28 heavy (non-hydrogen) atoms. The first kappa shape index (κ1) is 22.1. The van der Waals surface area contributed by atoms with Gasteiger partial charge in [0.15, 0.2) is 0 Å². The minimum absolute atomic E-state index is 0.0946. The largest absolute Gasteiger partial charge is 0.491 e. The highest BCUT2D eigenvalue weighted by molar-refractivity contribution is 7.98. The second-order valence-corrected chi connectivity index (χ2v) is 9.34. The van der Waals surface area contributed by atoms with Crippen molar-refractivity contribution in [1.29, 1.82) is 0 Å². The number of nitrogens with zero attached hydrogens (tertiary/aromatic N) is 1. The molecule has 8 heteroatoms. The third-order valence-electron chi connectivity index (χ3n) is 3.81.